The van der Waals surface area contributed by atoms with Gasteiger partial charge in [-0.05, 0) is 68.6 Å². The van der Waals surface area contributed by atoms with Gasteiger partial charge in [0.2, 0.25) is 5.88 Å². The Morgan fingerprint density at radius 3 is 2.85 bits per heavy atom. The molecule has 1 aliphatic rings. The van der Waals surface area contributed by atoms with E-state index in [9.17, 15) is 0 Å². The molecule has 0 radical (unpaired) electrons. The van der Waals surface area contributed by atoms with Crippen molar-refractivity contribution in [3.05, 3.63) is 58.6 Å². The van der Waals surface area contributed by atoms with Crippen molar-refractivity contribution in [2.45, 2.75) is 31.7 Å². The predicted molar refractivity (Wildman–Crippen MR) is 106 cm³/mol. The van der Waals surface area contributed by atoms with Crippen molar-refractivity contribution in [3.8, 4) is 5.88 Å². The largest absolute Gasteiger partial charge is 0.476 e. The molecule has 4 rings (SSSR count). The van der Waals surface area contributed by atoms with Crippen molar-refractivity contribution in [2.24, 2.45) is 0 Å². The van der Waals surface area contributed by atoms with Gasteiger partial charge in [-0.25, -0.2) is 0 Å². The summed E-state index contributed by atoms with van der Waals surface area (Å²) in [7, 11) is 2.20. The van der Waals surface area contributed by atoms with Crippen molar-refractivity contribution in [1.29, 1.82) is 0 Å². The lowest BCUT2D eigenvalue weighted by Gasteiger charge is -2.18. The Morgan fingerprint density at radius 1 is 1.23 bits per heavy atom. The van der Waals surface area contributed by atoms with Crippen molar-refractivity contribution in [3.63, 3.8) is 0 Å². The number of hydrogen-bond acceptors (Lipinski definition) is 3. The minimum absolute atomic E-state index is 0.633. The van der Waals surface area contributed by atoms with Crippen LogP contribution in [0.5, 0.6) is 5.88 Å². The van der Waals surface area contributed by atoms with Crippen LogP contribution in [0.2, 0.25) is 5.02 Å². The van der Waals surface area contributed by atoms with E-state index in [1.807, 2.05) is 18.2 Å². The molecule has 2 aromatic carbocycles. The molecule has 0 saturated carbocycles. The van der Waals surface area contributed by atoms with Gasteiger partial charge in [0.1, 0.15) is 0 Å². The fraction of sp³-hybridized carbons (Fsp3) is 0.381. The van der Waals surface area contributed by atoms with Crippen molar-refractivity contribution in [1.82, 2.24) is 15.1 Å². The van der Waals surface area contributed by atoms with Crippen molar-refractivity contribution < 1.29 is 4.74 Å². The third kappa shape index (κ3) is 3.71. The zero-order valence-electron chi connectivity index (χ0n) is 15.0. The molecule has 1 aliphatic heterocycles. The molecule has 1 unspecified atom stereocenters. The van der Waals surface area contributed by atoms with Crippen LogP contribution in [0, 0.1) is 0 Å². The summed E-state index contributed by atoms with van der Waals surface area (Å²) in [5.41, 5.74) is 3.46. The number of nitrogens with zero attached hydrogens (tertiary/aromatic N) is 2. The first-order chi connectivity index (χ1) is 12.7. The van der Waals surface area contributed by atoms with E-state index in [0.29, 0.717) is 18.5 Å². The van der Waals surface area contributed by atoms with E-state index in [2.05, 4.69) is 46.4 Å². The molecule has 0 bridgehead atoms. The van der Waals surface area contributed by atoms with Gasteiger partial charge in [-0.15, -0.1) is 5.10 Å². The molecule has 136 valence electrons. The topological polar surface area (TPSA) is 41.1 Å². The monoisotopic (exact) mass is 369 g/mol. The number of nitrogens with one attached hydrogen (secondary N) is 1. The lowest BCUT2D eigenvalue weighted by Crippen LogP contribution is -2.26. The van der Waals surface area contributed by atoms with E-state index in [1.54, 1.807) is 0 Å². The zero-order valence-corrected chi connectivity index (χ0v) is 15.8. The number of aromatic nitrogens is 2. The molecule has 5 heteroatoms. The van der Waals surface area contributed by atoms with Crippen LogP contribution < -0.4 is 4.74 Å². The number of rotatable bonds is 6. The van der Waals surface area contributed by atoms with Gasteiger partial charge in [0, 0.05) is 11.1 Å². The van der Waals surface area contributed by atoms with E-state index in [-0.39, 0.29) is 0 Å². The normalized spacial score (nSPS) is 17.8. The Bertz CT molecular complexity index is 875. The van der Waals surface area contributed by atoms with Gasteiger partial charge in [0.25, 0.3) is 0 Å². The number of halogens is 1. The highest BCUT2D eigenvalue weighted by Crippen LogP contribution is 2.29. The summed E-state index contributed by atoms with van der Waals surface area (Å²) in [6, 6.07) is 14.9. The van der Waals surface area contributed by atoms with Gasteiger partial charge >= 0.3 is 0 Å². The molecule has 1 atom stereocenters. The maximum atomic E-state index is 6.08. The maximum absolute atomic E-state index is 6.08. The number of likely N-dealkylation sites (tertiary alicyclic amines) is 1. The quantitative estimate of drug-likeness (QED) is 0.686. The molecule has 2 heterocycles. The number of hydrogen-bond donors (Lipinski definition) is 1. The highest BCUT2D eigenvalue weighted by atomic mass is 35.5. The smallest absolute Gasteiger partial charge is 0.240 e. The summed E-state index contributed by atoms with van der Waals surface area (Å²) in [6.07, 6.45) is 4.43. The molecule has 3 aromatic rings. The predicted octanol–water partition coefficient (Wildman–Crippen LogP) is 4.67. The standard InChI is InChI=1S/C21H24ClN3O/c1-25-12-3-5-18(25)11-13-26-21-20-16(4-2-6-19(20)23-24-21)14-15-7-9-17(22)10-8-15/h2,4,6-10,18H,3,5,11-14H2,1H3,(H,23,24). The van der Waals surface area contributed by atoms with Gasteiger partial charge in [0.15, 0.2) is 0 Å². The van der Waals surface area contributed by atoms with Crippen LogP contribution in [0.1, 0.15) is 30.4 Å². The number of aromatic amines is 1. The molecule has 1 fully saturated rings. The lowest BCUT2D eigenvalue weighted by molar-refractivity contribution is 0.230. The molecule has 4 nitrogen and oxygen atoms in total. The van der Waals surface area contributed by atoms with Crippen molar-refractivity contribution >= 4 is 22.5 Å². The summed E-state index contributed by atoms with van der Waals surface area (Å²) in [6.45, 7) is 1.89. The van der Waals surface area contributed by atoms with Crippen LogP contribution in [0.15, 0.2) is 42.5 Å². The van der Waals surface area contributed by atoms with E-state index in [0.717, 1.165) is 28.8 Å². The lowest BCUT2D eigenvalue weighted by atomic mass is 10.0. The minimum Gasteiger partial charge on any atom is -0.476 e. The highest BCUT2D eigenvalue weighted by molar-refractivity contribution is 6.30. The van der Waals surface area contributed by atoms with Crippen molar-refractivity contribution in [2.75, 3.05) is 20.2 Å². The minimum atomic E-state index is 0.633. The number of fused-ring (bicyclic) bond motifs is 1. The van der Waals surface area contributed by atoms with Crippen LogP contribution in [0.4, 0.5) is 0 Å². The first-order valence-corrected chi connectivity index (χ1v) is 9.62. The molecule has 26 heavy (non-hydrogen) atoms. The molecule has 1 saturated heterocycles. The SMILES string of the molecule is CN1CCCC1CCOc1n[nH]c2cccc(Cc3ccc(Cl)cc3)c12. The van der Waals surface area contributed by atoms with Gasteiger partial charge in [-0.1, -0.05) is 35.9 Å². The summed E-state index contributed by atoms with van der Waals surface area (Å²) in [5.74, 6) is 0.713. The molecule has 0 spiro atoms. The number of benzene rings is 2. The highest BCUT2D eigenvalue weighted by Gasteiger charge is 2.21. The number of H-pyrrole nitrogens is 1. The molecule has 0 aliphatic carbocycles. The summed E-state index contributed by atoms with van der Waals surface area (Å²) in [4.78, 5) is 2.43. The Kier molecular flexibility index (Phi) is 5.14. The van der Waals surface area contributed by atoms with Gasteiger partial charge in [0.05, 0.1) is 17.5 Å². The first kappa shape index (κ1) is 17.4. The molecule has 1 N–H and O–H groups in total. The summed E-state index contributed by atoms with van der Waals surface area (Å²) >= 11 is 6.00. The van der Waals surface area contributed by atoms with Crippen LogP contribution >= 0.6 is 11.6 Å². The Labute approximate surface area is 159 Å². The second-order valence-corrected chi connectivity index (χ2v) is 7.52. The molecule has 0 amide bonds. The Balaban J connectivity index is 1.51. The first-order valence-electron chi connectivity index (χ1n) is 9.24. The van der Waals surface area contributed by atoms with Gasteiger partial charge in [-0.2, -0.15) is 0 Å². The van der Waals surface area contributed by atoms with Gasteiger partial charge < -0.3 is 9.64 Å². The second kappa shape index (κ2) is 7.68. The second-order valence-electron chi connectivity index (χ2n) is 7.09. The fourth-order valence-electron chi connectivity index (χ4n) is 3.82. The van der Waals surface area contributed by atoms with E-state index in [1.165, 1.54) is 30.5 Å². The fourth-order valence-corrected chi connectivity index (χ4v) is 3.95. The molecule has 1 aromatic heterocycles. The van der Waals surface area contributed by atoms with E-state index in [4.69, 9.17) is 16.3 Å². The summed E-state index contributed by atoms with van der Waals surface area (Å²) in [5, 5.41) is 9.36. The third-order valence-corrected chi connectivity index (χ3v) is 5.56. The molecular formula is C21H24ClN3O. The van der Waals surface area contributed by atoms with Crippen LogP contribution in [-0.2, 0) is 6.42 Å². The van der Waals surface area contributed by atoms with Crippen LogP contribution in [-0.4, -0.2) is 41.3 Å². The zero-order chi connectivity index (χ0) is 17.9. The van der Waals surface area contributed by atoms with Crippen LogP contribution in [0.3, 0.4) is 0 Å². The maximum Gasteiger partial charge on any atom is 0.240 e. The third-order valence-electron chi connectivity index (χ3n) is 5.31. The molecular weight excluding hydrogens is 346 g/mol. The van der Waals surface area contributed by atoms with Crippen LogP contribution in [0.25, 0.3) is 10.9 Å². The average Bonchev–Trinajstić information content (AvgIpc) is 3.24. The Hall–Kier alpha value is -2.04. The average molecular weight is 370 g/mol. The van der Waals surface area contributed by atoms with E-state index >= 15 is 0 Å². The van der Waals surface area contributed by atoms with E-state index < -0.39 is 0 Å². The van der Waals surface area contributed by atoms with Gasteiger partial charge in [-0.3, -0.25) is 5.10 Å². The number of ether oxygens (including phenoxy) is 1. The Morgan fingerprint density at radius 2 is 2.08 bits per heavy atom. The summed E-state index contributed by atoms with van der Waals surface area (Å²) < 4.78 is 6.08.